The molecule has 1 atom stereocenters. The third-order valence-electron chi connectivity index (χ3n) is 25.9. The van der Waals surface area contributed by atoms with Gasteiger partial charge in [-0.1, -0.05) is 6.92 Å². The van der Waals surface area contributed by atoms with Crippen molar-refractivity contribution in [1.82, 2.24) is 0 Å². The molecule has 0 aliphatic carbocycles. The molecule has 115 heavy (non-hydrogen) atoms. The van der Waals surface area contributed by atoms with Crippen molar-refractivity contribution in [3.05, 3.63) is 156 Å². The number of nitrogen functional groups attached to an aromatic ring is 3. The average Bonchev–Trinajstić information content (AvgIpc) is 1.78. The van der Waals surface area contributed by atoms with E-state index in [0.717, 1.165) is 199 Å². The number of nitrogens with two attached hydrogens (primary N) is 3. The molecular weight excluding hydrogens is 1440 g/mol. The van der Waals surface area contributed by atoms with Gasteiger partial charge in [0.2, 0.25) is 0 Å². The molecule has 7 aliphatic heterocycles. The van der Waals surface area contributed by atoms with Crippen LogP contribution in [-0.4, -0.2) is 61.4 Å². The number of carbonyl (C=O) groups is 2. The summed E-state index contributed by atoms with van der Waals surface area (Å²) in [6.07, 6.45) is 8.74. The number of esters is 2. The molecule has 0 aromatic heterocycles. The zero-order valence-corrected chi connectivity index (χ0v) is 77.6. The van der Waals surface area contributed by atoms with Crippen molar-refractivity contribution in [2.75, 3.05) is 17.2 Å². The molecule has 16 heteroatoms. The maximum Gasteiger partial charge on any atom is 0.308 e. The van der Waals surface area contributed by atoms with Gasteiger partial charge in [0.05, 0.1) is 0 Å². The summed E-state index contributed by atoms with van der Waals surface area (Å²) in [4.78, 5) is 22.4. The van der Waals surface area contributed by atoms with E-state index in [4.69, 9.17) is 59.8 Å². The fourth-order valence-corrected chi connectivity index (χ4v) is 17.0. The minimum atomic E-state index is -0.279. The lowest BCUT2D eigenvalue weighted by atomic mass is 9.84. The van der Waals surface area contributed by atoms with Gasteiger partial charge in [-0.05, 0) is 403 Å². The van der Waals surface area contributed by atoms with E-state index in [2.05, 4.69) is 166 Å². The zero-order valence-electron chi connectivity index (χ0n) is 77.6. The second kappa shape index (κ2) is 32.9. The smallest absolute Gasteiger partial charge is 0.308 e. The molecule has 1 unspecified atom stereocenters. The van der Waals surface area contributed by atoms with Crippen molar-refractivity contribution in [3.8, 4) is 63.2 Å². The number of ether oxygens (including phenoxy) is 9. The van der Waals surface area contributed by atoms with Crippen LogP contribution in [0.2, 0.25) is 0 Å². The highest BCUT2D eigenvalue weighted by Crippen LogP contribution is 2.53. The number of benzene rings is 7. The van der Waals surface area contributed by atoms with Crippen LogP contribution in [0.5, 0.6) is 63.2 Å². The number of phenols is 2. The van der Waals surface area contributed by atoms with Gasteiger partial charge in [0.15, 0.2) is 0 Å². The van der Waals surface area contributed by atoms with E-state index in [1.807, 2.05) is 83.1 Å². The van der Waals surface area contributed by atoms with E-state index in [1.54, 1.807) is 0 Å². The van der Waals surface area contributed by atoms with E-state index in [9.17, 15) is 19.8 Å². The first-order chi connectivity index (χ1) is 52.6. The third-order valence-corrected chi connectivity index (χ3v) is 25.9. The number of phenolic OH excluding ortho intramolecular Hbond substituents is 2. The number of anilines is 3. The Morgan fingerprint density at radius 2 is 0.530 bits per heavy atom. The van der Waals surface area contributed by atoms with E-state index in [0.29, 0.717) is 28.9 Å². The summed E-state index contributed by atoms with van der Waals surface area (Å²) < 4.78 is 53.1. The van der Waals surface area contributed by atoms with Crippen molar-refractivity contribution < 1.29 is 62.4 Å². The Kier molecular flexibility index (Phi) is 26.2. The predicted octanol–water partition coefficient (Wildman–Crippen LogP) is 23.0. The highest BCUT2D eigenvalue weighted by molar-refractivity contribution is 5.75. The molecular formula is C99H141N3O13. The molecule has 630 valence electrons. The van der Waals surface area contributed by atoms with Gasteiger partial charge in [0, 0.05) is 89.5 Å². The van der Waals surface area contributed by atoms with Gasteiger partial charge in [-0.15, -0.1) is 0 Å². The van der Waals surface area contributed by atoms with Crippen LogP contribution < -0.4 is 59.8 Å². The average molecular weight is 1580 g/mol. The molecule has 0 fully saturated rings. The Bertz CT molecular complexity index is 4770. The first-order valence-corrected chi connectivity index (χ1v) is 41.3. The largest absolute Gasteiger partial charge is 0.507 e. The fraction of sp³-hybridized carbons (Fsp3) is 0.556. The van der Waals surface area contributed by atoms with Crippen LogP contribution in [-0.2, 0) is 48.1 Å². The van der Waals surface area contributed by atoms with Crippen LogP contribution >= 0.6 is 0 Å². The van der Waals surface area contributed by atoms with Gasteiger partial charge in [0.1, 0.15) is 102 Å². The van der Waals surface area contributed by atoms with Crippen LogP contribution in [0.25, 0.3) is 0 Å². The van der Waals surface area contributed by atoms with Gasteiger partial charge < -0.3 is 70.0 Å². The summed E-state index contributed by atoms with van der Waals surface area (Å²) in [6, 6.07) is 0. The minimum absolute atomic E-state index is 0.0489. The lowest BCUT2D eigenvalue weighted by Gasteiger charge is -2.35. The van der Waals surface area contributed by atoms with Crippen molar-refractivity contribution in [2.24, 2.45) is 0 Å². The zero-order chi connectivity index (χ0) is 87.2. The Morgan fingerprint density at radius 3 is 0.870 bits per heavy atom. The molecule has 0 bridgehead atoms. The third kappa shape index (κ3) is 18.6. The molecule has 0 saturated carbocycles. The molecule has 0 saturated heterocycles. The number of carbonyl (C=O) groups excluding carboxylic acids is 2. The summed E-state index contributed by atoms with van der Waals surface area (Å²) in [5, 5.41) is 20.0. The molecule has 7 aromatic carbocycles. The van der Waals surface area contributed by atoms with Crippen molar-refractivity contribution in [1.29, 1.82) is 0 Å². The second-order valence-electron chi connectivity index (χ2n) is 38.1. The molecule has 7 aliphatic rings. The van der Waals surface area contributed by atoms with Gasteiger partial charge in [-0.3, -0.25) is 9.59 Å². The second-order valence-corrected chi connectivity index (χ2v) is 38.1. The van der Waals surface area contributed by atoms with E-state index in [-0.39, 0.29) is 51.1 Å². The van der Waals surface area contributed by atoms with Crippen LogP contribution in [0.3, 0.4) is 0 Å². The van der Waals surface area contributed by atoms with Gasteiger partial charge in [-0.25, -0.2) is 0 Å². The normalized spacial score (nSPS) is 17.8. The van der Waals surface area contributed by atoms with Crippen LogP contribution in [0.15, 0.2) is 0 Å². The van der Waals surface area contributed by atoms with Crippen LogP contribution in [0.4, 0.5) is 17.1 Å². The van der Waals surface area contributed by atoms with E-state index >= 15 is 0 Å². The summed E-state index contributed by atoms with van der Waals surface area (Å²) in [6.45, 7) is 77.3. The van der Waals surface area contributed by atoms with E-state index in [1.165, 1.54) is 86.2 Å². The maximum atomic E-state index is 11.2. The minimum Gasteiger partial charge on any atom is -0.507 e. The number of aromatic hydroxyl groups is 2. The number of fused-ring (bicyclic) bond motifs is 7. The number of rotatable bonds is 2. The SMILES string of the molecule is CC(=O)Oc1c(C)c(C)c2c(c1C)CC(C)(C)O2.CC(=O)Oc1c(C)c(C)c2c(c1C)CCC(C)(C)O2.Cc1c(C)c2c(c(C)c1N)C(C)C(C)(C)O2.Cc1c(C)c2c(c(C)c1N)CC(C)(C)O2.Cc1c(C)c2c(c(C)c1N)CCC(C)(C)O2.Cc1c(C)c2c(c(C)c1O)CC(C)(C)O2.Cc1c(C)c2c(c(C)c1O)CCC(C)(C)O2. The summed E-state index contributed by atoms with van der Waals surface area (Å²) in [5.74, 6) is 9.18. The van der Waals surface area contributed by atoms with Crippen molar-refractivity contribution in [3.63, 3.8) is 0 Å². The molecule has 16 nitrogen and oxygen atoms in total. The Labute approximate surface area is 690 Å². The predicted molar refractivity (Wildman–Crippen MR) is 471 cm³/mol. The Morgan fingerprint density at radius 1 is 0.296 bits per heavy atom. The molecule has 7 aromatic rings. The van der Waals surface area contributed by atoms with Crippen molar-refractivity contribution in [2.45, 2.75) is 366 Å². The van der Waals surface area contributed by atoms with Gasteiger partial charge >= 0.3 is 11.9 Å². The summed E-state index contributed by atoms with van der Waals surface area (Å²) >= 11 is 0. The summed E-state index contributed by atoms with van der Waals surface area (Å²) in [7, 11) is 0. The summed E-state index contributed by atoms with van der Waals surface area (Å²) in [5.41, 5.74) is 51.7. The van der Waals surface area contributed by atoms with Gasteiger partial charge in [0.25, 0.3) is 0 Å². The quantitative estimate of drug-likeness (QED) is 0.0615. The highest BCUT2D eigenvalue weighted by atomic mass is 16.5. The molecule has 7 heterocycles. The van der Waals surface area contributed by atoms with E-state index < -0.39 is 0 Å². The van der Waals surface area contributed by atoms with Crippen molar-refractivity contribution >= 4 is 29.0 Å². The molecule has 0 spiro atoms. The Hall–Kier alpha value is -8.92. The number of hydrogen-bond donors (Lipinski definition) is 5. The molecule has 0 amide bonds. The topological polar surface area (TPSA) is 236 Å². The maximum absolute atomic E-state index is 11.2. The first kappa shape index (κ1) is 91.6. The lowest BCUT2D eigenvalue weighted by molar-refractivity contribution is -0.132. The highest BCUT2D eigenvalue weighted by Gasteiger charge is 2.43. The molecule has 14 rings (SSSR count). The van der Waals surface area contributed by atoms with Crippen LogP contribution in [0, 0.1) is 145 Å². The first-order valence-electron chi connectivity index (χ1n) is 41.3. The Balaban J connectivity index is 0.000000168. The lowest BCUT2D eigenvalue weighted by Crippen LogP contribution is -2.33. The fourth-order valence-electron chi connectivity index (χ4n) is 17.0. The molecule has 8 N–H and O–H groups in total. The standard InChI is InChI=1S/C16H22O3.C15H20O3.2C14H21NO.C14H20O2.C13H19NO.C13H18O2/c1-9-10(2)15-13(7-8-16(5,6)19-15)11(3)14(9)18-12(4)17;1-8-9(2)14-12(7-15(5,6)18-14)10(3)13(8)17-11(4)16;1-8-9(2)13-11(10(3)12(8)15)6-7-14(4,5)16-13;1-7-8(2)13-11(9(3)12(7)15)10(4)14(5,6)16-13;1-8-9(2)13-11(10(3)12(8)15)6-7-14(4,5)16-13;2*1-7-8(2)12-10(9(3)11(7)14)6-13(4,5)15-12/h7-8H2,1-6H3;7H2,1-6H3;6-7,15H2,1-5H3;10H,15H2,1-6H3;15H,6-7H2,1-5H3;6,14H2,1-5H3;14H,6H2,1-5H3. The molecule has 0 radical (unpaired) electrons. The number of hydrogen-bond acceptors (Lipinski definition) is 16. The monoisotopic (exact) mass is 1580 g/mol. The van der Waals surface area contributed by atoms with Gasteiger partial charge in [-0.2, -0.15) is 0 Å². The van der Waals surface area contributed by atoms with Crippen LogP contribution in [0.1, 0.15) is 299 Å².